The summed E-state index contributed by atoms with van der Waals surface area (Å²) in [6, 6.07) is 6.86. The van der Waals surface area contributed by atoms with Crippen LogP contribution in [0.5, 0.6) is 0 Å². The topological polar surface area (TPSA) is 106 Å². The zero-order valence-electron chi connectivity index (χ0n) is 15.2. The average Bonchev–Trinajstić information content (AvgIpc) is 3.27. The van der Waals surface area contributed by atoms with Gasteiger partial charge in [-0.15, -0.1) is 5.10 Å². The second kappa shape index (κ2) is 8.53. The lowest BCUT2D eigenvalue weighted by Gasteiger charge is -2.15. The predicted octanol–water partition coefficient (Wildman–Crippen LogP) is 2.07. The van der Waals surface area contributed by atoms with Crippen molar-refractivity contribution in [2.45, 2.75) is 49.7 Å². The molecule has 1 aromatic carbocycles. The van der Waals surface area contributed by atoms with E-state index in [0.29, 0.717) is 29.6 Å². The summed E-state index contributed by atoms with van der Waals surface area (Å²) in [6.07, 6.45) is 1.87. The van der Waals surface area contributed by atoms with Gasteiger partial charge in [0.25, 0.3) is 0 Å². The fourth-order valence-corrected chi connectivity index (χ4v) is 3.76. The third-order valence-electron chi connectivity index (χ3n) is 4.35. The molecule has 8 nitrogen and oxygen atoms in total. The van der Waals surface area contributed by atoms with Crippen molar-refractivity contribution in [3.63, 3.8) is 0 Å². The van der Waals surface area contributed by atoms with Gasteiger partial charge < -0.3 is 10.1 Å². The first-order chi connectivity index (χ1) is 13.0. The molecule has 9 heteroatoms. The highest BCUT2D eigenvalue weighted by molar-refractivity contribution is 8.00. The van der Waals surface area contributed by atoms with Crippen LogP contribution in [0, 0.1) is 0 Å². The summed E-state index contributed by atoms with van der Waals surface area (Å²) < 4.78 is 7.09. The highest BCUT2D eigenvalue weighted by Gasteiger charge is 2.23. The Morgan fingerprint density at radius 3 is 2.93 bits per heavy atom. The van der Waals surface area contributed by atoms with Crippen molar-refractivity contribution in [3.8, 4) is 0 Å². The minimum absolute atomic E-state index is 0.00812. The van der Waals surface area contributed by atoms with Crippen LogP contribution >= 0.6 is 11.8 Å². The number of nitrogens with zero attached hydrogens (tertiary/aromatic N) is 2. The number of benzene rings is 1. The molecular formula is C18H22N4O4S. The van der Waals surface area contributed by atoms with Gasteiger partial charge in [0.05, 0.1) is 23.6 Å². The number of carbonyl (C=O) groups excluding carboxylic acids is 2. The van der Waals surface area contributed by atoms with Crippen molar-refractivity contribution in [2.24, 2.45) is 0 Å². The number of hydrogen-bond acceptors (Lipinski definition) is 6. The molecule has 1 aliphatic heterocycles. The summed E-state index contributed by atoms with van der Waals surface area (Å²) in [4.78, 5) is 36.3. The Morgan fingerprint density at radius 2 is 2.22 bits per heavy atom. The van der Waals surface area contributed by atoms with Gasteiger partial charge in [-0.3, -0.25) is 14.2 Å². The SMILES string of the molecule is CC(=O)c1ccccc1NC(=O)[C@H](C)Sc1n[nH]c(=O)n1C[C@@H]1CCCO1. The number of thioether (sulfide) groups is 1. The third-order valence-corrected chi connectivity index (χ3v) is 5.44. The smallest absolute Gasteiger partial charge is 0.344 e. The number of nitrogens with one attached hydrogen (secondary N) is 2. The number of amides is 1. The molecule has 1 saturated heterocycles. The molecule has 27 heavy (non-hydrogen) atoms. The van der Waals surface area contributed by atoms with Gasteiger partial charge in [0.1, 0.15) is 0 Å². The fourth-order valence-electron chi connectivity index (χ4n) is 2.89. The maximum atomic E-state index is 12.6. The van der Waals surface area contributed by atoms with E-state index < -0.39 is 5.25 Å². The van der Waals surface area contributed by atoms with Crippen LogP contribution in [0.25, 0.3) is 0 Å². The Kier molecular flexibility index (Phi) is 6.12. The maximum absolute atomic E-state index is 12.6. The van der Waals surface area contributed by atoms with E-state index in [0.717, 1.165) is 12.8 Å². The molecular weight excluding hydrogens is 368 g/mol. The fraction of sp³-hybridized carbons (Fsp3) is 0.444. The second-order valence-corrected chi connectivity index (χ2v) is 7.72. The molecule has 2 atom stereocenters. The Balaban J connectivity index is 1.69. The van der Waals surface area contributed by atoms with Crippen LogP contribution in [-0.2, 0) is 16.1 Å². The molecule has 2 N–H and O–H groups in total. The van der Waals surface area contributed by atoms with Gasteiger partial charge in [0.15, 0.2) is 10.9 Å². The molecule has 0 radical (unpaired) electrons. The number of anilines is 1. The summed E-state index contributed by atoms with van der Waals surface area (Å²) in [6.45, 7) is 4.30. The van der Waals surface area contributed by atoms with Crippen molar-refractivity contribution in [1.82, 2.24) is 14.8 Å². The summed E-state index contributed by atoms with van der Waals surface area (Å²) >= 11 is 1.18. The van der Waals surface area contributed by atoms with Crippen LogP contribution in [0.2, 0.25) is 0 Å². The molecule has 0 saturated carbocycles. The number of ether oxygens (including phenoxy) is 1. The van der Waals surface area contributed by atoms with Crippen LogP contribution in [0.1, 0.15) is 37.0 Å². The van der Waals surface area contributed by atoms with Gasteiger partial charge >= 0.3 is 5.69 Å². The summed E-state index contributed by atoms with van der Waals surface area (Å²) in [7, 11) is 0. The van der Waals surface area contributed by atoms with Crippen molar-refractivity contribution in [1.29, 1.82) is 0 Å². The number of ketones is 1. The van der Waals surface area contributed by atoms with Crippen molar-refractivity contribution >= 4 is 29.1 Å². The minimum Gasteiger partial charge on any atom is -0.376 e. The van der Waals surface area contributed by atoms with E-state index in [1.165, 1.54) is 23.3 Å². The number of carbonyl (C=O) groups is 2. The second-order valence-electron chi connectivity index (χ2n) is 6.41. The number of hydrogen-bond donors (Lipinski definition) is 2. The van der Waals surface area contributed by atoms with E-state index >= 15 is 0 Å². The first-order valence-electron chi connectivity index (χ1n) is 8.80. The zero-order valence-corrected chi connectivity index (χ0v) is 16.0. The lowest BCUT2D eigenvalue weighted by Crippen LogP contribution is -2.27. The lowest BCUT2D eigenvalue weighted by molar-refractivity contribution is -0.115. The summed E-state index contributed by atoms with van der Waals surface area (Å²) in [5.74, 6) is -0.392. The number of aromatic amines is 1. The Morgan fingerprint density at radius 1 is 1.44 bits per heavy atom. The minimum atomic E-state index is -0.511. The van der Waals surface area contributed by atoms with Gasteiger partial charge in [-0.05, 0) is 38.8 Å². The van der Waals surface area contributed by atoms with Crippen LogP contribution in [0.3, 0.4) is 0 Å². The molecule has 1 amide bonds. The Labute approximate surface area is 160 Å². The van der Waals surface area contributed by atoms with E-state index in [1.807, 2.05) is 0 Å². The number of para-hydroxylation sites is 1. The van der Waals surface area contributed by atoms with Crippen LogP contribution < -0.4 is 11.0 Å². The number of aromatic nitrogens is 3. The maximum Gasteiger partial charge on any atom is 0.344 e. The molecule has 144 valence electrons. The van der Waals surface area contributed by atoms with Gasteiger partial charge in [-0.2, -0.15) is 0 Å². The quantitative estimate of drug-likeness (QED) is 0.554. The van der Waals surface area contributed by atoms with E-state index in [2.05, 4.69) is 15.5 Å². The molecule has 0 spiro atoms. The largest absolute Gasteiger partial charge is 0.376 e. The molecule has 1 aromatic heterocycles. The standard InChI is InChI=1S/C18H22N4O4S/c1-11(23)14-7-3-4-8-15(14)19-16(24)12(2)27-18-21-20-17(25)22(18)10-13-6-5-9-26-13/h3-4,7-8,12-13H,5-6,9-10H2,1-2H3,(H,19,24)(H,20,25)/t12-,13-/m0/s1. The molecule has 3 rings (SSSR count). The predicted molar refractivity (Wildman–Crippen MR) is 102 cm³/mol. The van der Waals surface area contributed by atoms with Gasteiger partial charge in [-0.25, -0.2) is 9.89 Å². The molecule has 2 aromatic rings. The van der Waals surface area contributed by atoms with Crippen LogP contribution in [0.4, 0.5) is 5.69 Å². The average molecular weight is 390 g/mol. The molecule has 1 aliphatic rings. The Hall–Kier alpha value is -2.39. The van der Waals surface area contributed by atoms with Gasteiger partial charge in [0, 0.05) is 12.2 Å². The van der Waals surface area contributed by atoms with E-state index in [9.17, 15) is 14.4 Å². The van der Waals surface area contributed by atoms with Crippen LogP contribution in [-0.4, -0.2) is 44.4 Å². The molecule has 2 heterocycles. The third kappa shape index (κ3) is 4.67. The van der Waals surface area contributed by atoms with Gasteiger partial charge in [-0.1, -0.05) is 23.9 Å². The van der Waals surface area contributed by atoms with Crippen molar-refractivity contribution < 1.29 is 14.3 Å². The van der Waals surface area contributed by atoms with E-state index in [4.69, 9.17) is 4.74 Å². The van der Waals surface area contributed by atoms with Gasteiger partial charge in [0.2, 0.25) is 5.91 Å². The Bertz CT molecular complexity index is 885. The monoisotopic (exact) mass is 390 g/mol. The first kappa shape index (κ1) is 19.4. The number of H-pyrrole nitrogens is 1. The summed E-state index contributed by atoms with van der Waals surface area (Å²) in [5, 5.41) is 9.18. The summed E-state index contributed by atoms with van der Waals surface area (Å²) in [5.41, 5.74) is 0.613. The normalized spacial score (nSPS) is 17.6. The number of rotatable bonds is 7. The number of Topliss-reactive ketones (excluding diaryl/α,β-unsaturated/α-hetero) is 1. The van der Waals surface area contributed by atoms with E-state index in [-0.39, 0.29) is 23.5 Å². The lowest BCUT2D eigenvalue weighted by atomic mass is 10.1. The van der Waals surface area contributed by atoms with E-state index in [1.54, 1.807) is 31.2 Å². The zero-order chi connectivity index (χ0) is 19.4. The highest BCUT2D eigenvalue weighted by atomic mass is 32.2. The molecule has 0 unspecified atom stereocenters. The first-order valence-corrected chi connectivity index (χ1v) is 9.68. The molecule has 1 fully saturated rings. The van der Waals surface area contributed by atoms with Crippen molar-refractivity contribution in [2.75, 3.05) is 11.9 Å². The van der Waals surface area contributed by atoms with Crippen molar-refractivity contribution in [3.05, 3.63) is 40.3 Å². The molecule has 0 bridgehead atoms. The highest BCUT2D eigenvalue weighted by Crippen LogP contribution is 2.24. The van der Waals surface area contributed by atoms with Crippen LogP contribution in [0.15, 0.2) is 34.2 Å². The molecule has 0 aliphatic carbocycles.